The summed E-state index contributed by atoms with van der Waals surface area (Å²) in [6.07, 6.45) is 6.61. The van der Waals surface area contributed by atoms with Crippen LogP contribution in [-0.2, 0) is 0 Å². The van der Waals surface area contributed by atoms with Gasteiger partial charge in [0, 0.05) is 12.6 Å². The maximum absolute atomic E-state index is 5.96. The SMILES string of the molecule is Cc1cnnc(NCC2CCCC(N)C2)c1. The largest absolute Gasteiger partial charge is 0.368 e. The number of nitrogens with zero attached hydrogens (tertiary/aromatic N) is 2. The first-order valence-electron chi connectivity index (χ1n) is 6.03. The Labute approximate surface area is 96.6 Å². The number of rotatable bonds is 3. The van der Waals surface area contributed by atoms with E-state index in [0.717, 1.165) is 24.3 Å². The third-order valence-electron chi connectivity index (χ3n) is 3.19. The van der Waals surface area contributed by atoms with E-state index in [9.17, 15) is 0 Å². The summed E-state index contributed by atoms with van der Waals surface area (Å²) in [6, 6.07) is 2.42. The first kappa shape index (κ1) is 11.3. The van der Waals surface area contributed by atoms with Crippen LogP contribution in [0.3, 0.4) is 0 Å². The lowest BCUT2D eigenvalue weighted by Gasteiger charge is -2.26. The zero-order chi connectivity index (χ0) is 11.4. The van der Waals surface area contributed by atoms with E-state index in [4.69, 9.17) is 5.73 Å². The lowest BCUT2D eigenvalue weighted by molar-refractivity contribution is 0.334. The fourth-order valence-corrected chi connectivity index (χ4v) is 2.32. The summed E-state index contributed by atoms with van der Waals surface area (Å²) in [7, 11) is 0. The molecule has 4 heteroatoms. The number of aromatic nitrogens is 2. The molecule has 2 atom stereocenters. The second-order valence-corrected chi connectivity index (χ2v) is 4.79. The molecule has 0 bridgehead atoms. The quantitative estimate of drug-likeness (QED) is 0.814. The predicted octanol–water partition coefficient (Wildman–Crippen LogP) is 1.71. The Morgan fingerprint density at radius 2 is 2.38 bits per heavy atom. The lowest BCUT2D eigenvalue weighted by atomic mass is 9.86. The van der Waals surface area contributed by atoms with Crippen LogP contribution in [0.1, 0.15) is 31.2 Å². The monoisotopic (exact) mass is 220 g/mol. The maximum Gasteiger partial charge on any atom is 0.148 e. The highest BCUT2D eigenvalue weighted by Gasteiger charge is 2.18. The molecule has 2 unspecified atom stereocenters. The van der Waals surface area contributed by atoms with Crippen molar-refractivity contribution in [3.8, 4) is 0 Å². The summed E-state index contributed by atoms with van der Waals surface area (Å²) < 4.78 is 0. The van der Waals surface area contributed by atoms with E-state index in [1.807, 2.05) is 13.0 Å². The molecule has 0 aliphatic heterocycles. The number of nitrogens with one attached hydrogen (secondary N) is 1. The van der Waals surface area contributed by atoms with Crippen molar-refractivity contribution in [2.24, 2.45) is 11.7 Å². The van der Waals surface area contributed by atoms with Gasteiger partial charge in [-0.05, 0) is 43.7 Å². The van der Waals surface area contributed by atoms with Crippen molar-refractivity contribution in [1.29, 1.82) is 0 Å². The summed E-state index contributed by atoms with van der Waals surface area (Å²) in [5.41, 5.74) is 7.10. The average Bonchev–Trinajstić information content (AvgIpc) is 2.27. The van der Waals surface area contributed by atoms with Gasteiger partial charge in [0.2, 0.25) is 0 Å². The Hall–Kier alpha value is -1.16. The van der Waals surface area contributed by atoms with Crippen LogP contribution in [0.15, 0.2) is 12.3 Å². The Balaban J connectivity index is 1.82. The van der Waals surface area contributed by atoms with Gasteiger partial charge in [0.05, 0.1) is 6.20 Å². The summed E-state index contributed by atoms with van der Waals surface area (Å²) >= 11 is 0. The smallest absolute Gasteiger partial charge is 0.148 e. The van der Waals surface area contributed by atoms with Crippen LogP contribution >= 0.6 is 0 Å². The fraction of sp³-hybridized carbons (Fsp3) is 0.667. The van der Waals surface area contributed by atoms with Gasteiger partial charge in [-0.25, -0.2) is 0 Å². The first-order valence-corrected chi connectivity index (χ1v) is 6.03. The molecule has 0 spiro atoms. The molecule has 1 aromatic heterocycles. The van der Waals surface area contributed by atoms with E-state index in [2.05, 4.69) is 15.5 Å². The van der Waals surface area contributed by atoms with E-state index in [1.54, 1.807) is 6.20 Å². The minimum Gasteiger partial charge on any atom is -0.368 e. The topological polar surface area (TPSA) is 63.8 Å². The van der Waals surface area contributed by atoms with Crippen LogP contribution in [0, 0.1) is 12.8 Å². The molecule has 0 aromatic carbocycles. The van der Waals surface area contributed by atoms with Crippen molar-refractivity contribution in [3.63, 3.8) is 0 Å². The third kappa shape index (κ3) is 3.17. The zero-order valence-corrected chi connectivity index (χ0v) is 9.82. The van der Waals surface area contributed by atoms with Gasteiger partial charge in [0.25, 0.3) is 0 Å². The molecule has 1 aliphatic rings. The molecular formula is C12H20N4. The number of nitrogens with two attached hydrogens (primary N) is 1. The molecule has 1 aromatic rings. The number of hydrogen-bond donors (Lipinski definition) is 2. The highest BCUT2D eigenvalue weighted by Crippen LogP contribution is 2.23. The second kappa shape index (κ2) is 5.25. The molecule has 1 saturated carbocycles. The van der Waals surface area contributed by atoms with Gasteiger partial charge in [-0.3, -0.25) is 0 Å². The van der Waals surface area contributed by atoms with E-state index in [0.29, 0.717) is 12.0 Å². The van der Waals surface area contributed by atoms with Crippen molar-refractivity contribution in [2.45, 2.75) is 38.6 Å². The van der Waals surface area contributed by atoms with Crippen LogP contribution in [0.2, 0.25) is 0 Å². The van der Waals surface area contributed by atoms with Crippen LogP contribution in [0.4, 0.5) is 5.82 Å². The normalized spacial score (nSPS) is 25.4. The van der Waals surface area contributed by atoms with Crippen molar-refractivity contribution in [2.75, 3.05) is 11.9 Å². The molecule has 4 nitrogen and oxygen atoms in total. The first-order chi connectivity index (χ1) is 7.74. The summed E-state index contributed by atoms with van der Waals surface area (Å²) in [6.45, 7) is 2.99. The molecule has 0 saturated heterocycles. The van der Waals surface area contributed by atoms with Crippen LogP contribution in [-0.4, -0.2) is 22.8 Å². The van der Waals surface area contributed by atoms with E-state index >= 15 is 0 Å². The van der Waals surface area contributed by atoms with Crippen molar-refractivity contribution < 1.29 is 0 Å². The molecule has 2 rings (SSSR count). The van der Waals surface area contributed by atoms with Gasteiger partial charge < -0.3 is 11.1 Å². The Bertz CT molecular complexity index is 340. The number of hydrogen-bond acceptors (Lipinski definition) is 4. The van der Waals surface area contributed by atoms with Crippen molar-refractivity contribution in [1.82, 2.24) is 10.2 Å². The van der Waals surface area contributed by atoms with Gasteiger partial charge in [-0.15, -0.1) is 5.10 Å². The van der Waals surface area contributed by atoms with Gasteiger partial charge >= 0.3 is 0 Å². The molecule has 0 radical (unpaired) electrons. The molecule has 16 heavy (non-hydrogen) atoms. The minimum atomic E-state index is 0.393. The molecule has 1 heterocycles. The molecule has 1 fully saturated rings. The van der Waals surface area contributed by atoms with Crippen molar-refractivity contribution >= 4 is 5.82 Å². The average molecular weight is 220 g/mol. The van der Waals surface area contributed by atoms with E-state index < -0.39 is 0 Å². The summed E-state index contributed by atoms with van der Waals surface area (Å²) in [5.74, 6) is 1.56. The Kier molecular flexibility index (Phi) is 3.72. The Morgan fingerprint density at radius 3 is 3.12 bits per heavy atom. The molecule has 0 amide bonds. The number of aryl methyl sites for hydroxylation is 1. The highest BCUT2D eigenvalue weighted by atomic mass is 15.2. The van der Waals surface area contributed by atoms with Crippen molar-refractivity contribution in [3.05, 3.63) is 17.8 Å². The standard InChI is InChI=1S/C12H20N4/c1-9-5-12(16-15-7-9)14-8-10-3-2-4-11(13)6-10/h5,7,10-11H,2-4,6,8,13H2,1H3,(H,14,16). The minimum absolute atomic E-state index is 0.393. The highest BCUT2D eigenvalue weighted by molar-refractivity contribution is 5.34. The maximum atomic E-state index is 5.96. The van der Waals surface area contributed by atoms with Gasteiger partial charge in [-0.2, -0.15) is 5.10 Å². The van der Waals surface area contributed by atoms with E-state index in [-0.39, 0.29) is 0 Å². The summed E-state index contributed by atoms with van der Waals surface area (Å²) in [4.78, 5) is 0. The second-order valence-electron chi connectivity index (χ2n) is 4.79. The predicted molar refractivity (Wildman–Crippen MR) is 65.2 cm³/mol. The molecule has 88 valence electrons. The zero-order valence-electron chi connectivity index (χ0n) is 9.82. The van der Waals surface area contributed by atoms with Gasteiger partial charge in [0.1, 0.15) is 5.82 Å². The molecule has 3 N–H and O–H groups in total. The van der Waals surface area contributed by atoms with E-state index in [1.165, 1.54) is 19.3 Å². The molecular weight excluding hydrogens is 200 g/mol. The van der Waals surface area contributed by atoms with Crippen LogP contribution in [0.25, 0.3) is 0 Å². The third-order valence-corrected chi connectivity index (χ3v) is 3.19. The van der Waals surface area contributed by atoms with Crippen LogP contribution in [0.5, 0.6) is 0 Å². The fourth-order valence-electron chi connectivity index (χ4n) is 2.32. The Morgan fingerprint density at radius 1 is 1.50 bits per heavy atom. The van der Waals surface area contributed by atoms with Crippen LogP contribution < -0.4 is 11.1 Å². The van der Waals surface area contributed by atoms with Gasteiger partial charge in [0.15, 0.2) is 0 Å². The lowest BCUT2D eigenvalue weighted by Crippen LogP contribution is -2.31. The molecule has 1 aliphatic carbocycles. The number of anilines is 1. The summed E-state index contributed by atoms with van der Waals surface area (Å²) in [5, 5.41) is 11.3. The van der Waals surface area contributed by atoms with Gasteiger partial charge in [-0.1, -0.05) is 6.42 Å².